The van der Waals surface area contributed by atoms with Crippen LogP contribution in [0.5, 0.6) is 0 Å². The first-order chi connectivity index (χ1) is 7.05. The minimum absolute atomic E-state index is 0.0806. The fourth-order valence-electron chi connectivity index (χ4n) is 1.24. The van der Waals surface area contributed by atoms with E-state index in [2.05, 4.69) is 0 Å². The minimum atomic E-state index is -2.70. The molecule has 86 valence electrons. The molecule has 0 saturated carbocycles. The van der Waals surface area contributed by atoms with Crippen LogP contribution in [0.4, 0.5) is 0 Å². The molecule has 1 unspecified atom stereocenters. The summed E-state index contributed by atoms with van der Waals surface area (Å²) in [4.78, 5) is 11.4. The lowest BCUT2D eigenvalue weighted by Crippen LogP contribution is -2.45. The van der Waals surface area contributed by atoms with Gasteiger partial charge in [-0.25, -0.2) is 0 Å². The number of nitrogens with zero attached hydrogens (tertiary/aromatic N) is 1. The molecular weight excluding hydrogens is 214 g/mol. The van der Waals surface area contributed by atoms with Crippen molar-refractivity contribution >= 4 is 14.6 Å². The highest BCUT2D eigenvalue weighted by atomic mass is 28.4. The Labute approximate surface area is 91.3 Å². The molecule has 1 atom stereocenters. The van der Waals surface area contributed by atoms with Crippen LogP contribution in [-0.2, 0) is 18.1 Å². The maximum atomic E-state index is 11.4. The first-order valence-corrected chi connectivity index (χ1v) is 6.53. The van der Waals surface area contributed by atoms with E-state index in [4.69, 9.17) is 18.5 Å². The quantitative estimate of drug-likeness (QED) is 0.611. The normalized spacial score (nSPS) is 13.3. The van der Waals surface area contributed by atoms with Crippen LogP contribution >= 0.6 is 0 Å². The molecule has 0 aliphatic heterocycles. The molecule has 0 fully saturated rings. The molecule has 0 aliphatic carbocycles. The van der Waals surface area contributed by atoms with Crippen LogP contribution < -0.4 is 0 Å². The first kappa shape index (κ1) is 14.3. The Kier molecular flexibility index (Phi) is 6.36. The Morgan fingerprint density at radius 3 is 2.13 bits per heavy atom. The zero-order chi connectivity index (χ0) is 11.9. The maximum absolute atomic E-state index is 11.4. The summed E-state index contributed by atoms with van der Waals surface area (Å²) in [6, 6.07) is 2.23. The van der Waals surface area contributed by atoms with Gasteiger partial charge in [-0.3, -0.25) is 4.79 Å². The molecule has 0 spiro atoms. The number of ketones is 1. The maximum Gasteiger partial charge on any atom is 0.500 e. The molecule has 0 aromatic carbocycles. The number of carbonyl (C=O) groups is 1. The number of nitriles is 1. The molecule has 0 N–H and O–H groups in total. The van der Waals surface area contributed by atoms with Gasteiger partial charge in [-0.1, -0.05) is 6.92 Å². The summed E-state index contributed by atoms with van der Waals surface area (Å²) in [6.45, 7) is 1.75. The Morgan fingerprint density at radius 1 is 1.33 bits per heavy atom. The van der Waals surface area contributed by atoms with Gasteiger partial charge in [-0.15, -0.1) is 0 Å². The van der Waals surface area contributed by atoms with E-state index >= 15 is 0 Å². The Hall–Kier alpha value is -0.743. The zero-order valence-corrected chi connectivity index (χ0v) is 10.6. The molecule has 0 heterocycles. The van der Waals surface area contributed by atoms with Gasteiger partial charge < -0.3 is 13.3 Å². The van der Waals surface area contributed by atoms with Gasteiger partial charge in [0.25, 0.3) is 0 Å². The van der Waals surface area contributed by atoms with Gasteiger partial charge in [-0.05, 0) is 0 Å². The van der Waals surface area contributed by atoms with Gasteiger partial charge in [-0.2, -0.15) is 5.26 Å². The van der Waals surface area contributed by atoms with Crippen LogP contribution in [0.15, 0.2) is 0 Å². The van der Waals surface area contributed by atoms with Gasteiger partial charge in [0.15, 0.2) is 0 Å². The number of hydrogen-bond acceptors (Lipinski definition) is 5. The molecule has 0 aromatic heterocycles. The van der Waals surface area contributed by atoms with Crippen LogP contribution in [-0.4, -0.2) is 35.9 Å². The van der Waals surface area contributed by atoms with E-state index in [0.29, 0.717) is 6.04 Å². The van der Waals surface area contributed by atoms with E-state index in [9.17, 15) is 4.79 Å². The zero-order valence-electron chi connectivity index (χ0n) is 9.57. The van der Waals surface area contributed by atoms with Crippen LogP contribution in [0.25, 0.3) is 0 Å². The second-order valence-electron chi connectivity index (χ2n) is 3.20. The molecule has 0 bridgehead atoms. The van der Waals surface area contributed by atoms with Crippen molar-refractivity contribution in [2.24, 2.45) is 5.92 Å². The Balaban J connectivity index is 4.42. The largest absolute Gasteiger partial charge is 0.500 e. The Morgan fingerprint density at radius 2 is 1.80 bits per heavy atom. The number of carbonyl (C=O) groups excluding carboxylic acids is 1. The standard InChI is InChI=1S/C9H17NO4Si/c1-8(9(11)5-6-10)7-15(12-2,13-3)14-4/h8H,5,7H2,1-4H3. The van der Waals surface area contributed by atoms with Gasteiger partial charge in [0.2, 0.25) is 0 Å². The summed E-state index contributed by atoms with van der Waals surface area (Å²) < 4.78 is 15.6. The van der Waals surface area contributed by atoms with Crippen molar-refractivity contribution in [2.45, 2.75) is 19.4 Å². The van der Waals surface area contributed by atoms with Crippen molar-refractivity contribution in [1.29, 1.82) is 5.26 Å². The van der Waals surface area contributed by atoms with E-state index in [1.807, 2.05) is 6.07 Å². The van der Waals surface area contributed by atoms with Crippen LogP contribution in [0, 0.1) is 17.2 Å². The predicted molar refractivity (Wildman–Crippen MR) is 56.0 cm³/mol. The minimum Gasteiger partial charge on any atom is -0.377 e. The number of hydrogen-bond donors (Lipinski definition) is 0. The van der Waals surface area contributed by atoms with Gasteiger partial charge in [0, 0.05) is 33.3 Å². The van der Waals surface area contributed by atoms with E-state index in [1.54, 1.807) is 6.92 Å². The first-order valence-electron chi connectivity index (χ1n) is 4.60. The predicted octanol–water partition coefficient (Wildman–Crippen LogP) is 0.983. The summed E-state index contributed by atoms with van der Waals surface area (Å²) in [5, 5.41) is 8.40. The molecule has 0 aromatic rings. The average molecular weight is 231 g/mol. The fraction of sp³-hybridized carbons (Fsp3) is 0.778. The third-order valence-corrected chi connectivity index (χ3v) is 5.27. The highest BCUT2D eigenvalue weighted by Gasteiger charge is 2.40. The fourth-order valence-corrected chi connectivity index (χ4v) is 3.22. The van der Waals surface area contributed by atoms with Gasteiger partial charge >= 0.3 is 8.80 Å². The molecule has 15 heavy (non-hydrogen) atoms. The third-order valence-electron chi connectivity index (χ3n) is 2.29. The van der Waals surface area contributed by atoms with Crippen molar-refractivity contribution < 1.29 is 18.1 Å². The topological polar surface area (TPSA) is 68.6 Å². The van der Waals surface area contributed by atoms with E-state index in [-0.39, 0.29) is 18.1 Å². The molecule has 5 nitrogen and oxygen atoms in total. The molecule has 0 saturated heterocycles. The summed E-state index contributed by atoms with van der Waals surface area (Å²) in [5.41, 5.74) is 0. The lowest BCUT2D eigenvalue weighted by atomic mass is 10.1. The average Bonchev–Trinajstić information content (AvgIpc) is 2.26. The Bertz CT molecular complexity index is 239. The molecule has 0 amide bonds. The SMILES string of the molecule is CO[Si](CC(C)C(=O)CC#N)(OC)OC. The van der Waals surface area contributed by atoms with E-state index in [1.165, 1.54) is 21.3 Å². The molecular formula is C9H17NO4Si. The highest BCUT2D eigenvalue weighted by Crippen LogP contribution is 2.20. The summed E-state index contributed by atoms with van der Waals surface area (Å²) in [7, 11) is 1.80. The van der Waals surface area contributed by atoms with Crippen molar-refractivity contribution in [3.63, 3.8) is 0 Å². The third kappa shape index (κ3) is 4.09. The lowest BCUT2D eigenvalue weighted by molar-refractivity contribution is -0.121. The molecule has 0 radical (unpaired) electrons. The number of Topliss-reactive ketones (excluding diaryl/α,β-unsaturated/α-hetero) is 1. The second kappa shape index (κ2) is 6.69. The van der Waals surface area contributed by atoms with Crippen LogP contribution in [0.2, 0.25) is 6.04 Å². The smallest absolute Gasteiger partial charge is 0.377 e. The van der Waals surface area contributed by atoms with Gasteiger partial charge in [0.05, 0.1) is 12.5 Å². The van der Waals surface area contributed by atoms with Crippen LogP contribution in [0.3, 0.4) is 0 Å². The molecule has 6 heteroatoms. The summed E-state index contributed by atoms with van der Waals surface area (Å²) in [5.74, 6) is -0.392. The molecule has 0 rings (SSSR count). The summed E-state index contributed by atoms with van der Waals surface area (Å²) >= 11 is 0. The van der Waals surface area contributed by atoms with Crippen molar-refractivity contribution in [1.82, 2.24) is 0 Å². The van der Waals surface area contributed by atoms with Crippen molar-refractivity contribution in [3.8, 4) is 6.07 Å². The number of rotatable bonds is 7. The van der Waals surface area contributed by atoms with E-state index in [0.717, 1.165) is 0 Å². The monoisotopic (exact) mass is 231 g/mol. The second-order valence-corrected chi connectivity index (χ2v) is 6.20. The van der Waals surface area contributed by atoms with E-state index < -0.39 is 8.80 Å². The van der Waals surface area contributed by atoms with Gasteiger partial charge in [0.1, 0.15) is 5.78 Å². The highest BCUT2D eigenvalue weighted by molar-refractivity contribution is 6.60. The van der Waals surface area contributed by atoms with Crippen molar-refractivity contribution in [2.75, 3.05) is 21.3 Å². The van der Waals surface area contributed by atoms with Crippen LogP contribution in [0.1, 0.15) is 13.3 Å². The molecule has 0 aliphatic rings. The summed E-state index contributed by atoms with van der Waals surface area (Å²) in [6.07, 6.45) is -0.0806. The van der Waals surface area contributed by atoms with Crippen molar-refractivity contribution in [3.05, 3.63) is 0 Å². The lowest BCUT2D eigenvalue weighted by Gasteiger charge is -2.26.